The lowest BCUT2D eigenvalue weighted by atomic mass is 10.3. The predicted octanol–water partition coefficient (Wildman–Crippen LogP) is 0.854. The van der Waals surface area contributed by atoms with E-state index >= 15 is 0 Å². The van der Waals surface area contributed by atoms with Crippen LogP contribution in [0.1, 0.15) is 0 Å². The number of methoxy groups -OCH3 is 1. The van der Waals surface area contributed by atoms with Crippen molar-refractivity contribution in [3.05, 3.63) is 37.1 Å². The minimum absolute atomic E-state index is 0.670. The zero-order chi connectivity index (χ0) is 15.6. The van der Waals surface area contributed by atoms with Crippen molar-refractivity contribution in [3.8, 4) is 5.75 Å². The summed E-state index contributed by atoms with van der Waals surface area (Å²) in [5.41, 5.74) is 1.03. The summed E-state index contributed by atoms with van der Waals surface area (Å²) in [7, 11) is 1.61. The van der Waals surface area contributed by atoms with Gasteiger partial charge in [-0.3, -0.25) is 0 Å². The molecule has 0 spiro atoms. The van der Waals surface area contributed by atoms with Crippen LogP contribution in [0.5, 0.6) is 5.75 Å². The van der Waals surface area contributed by atoms with Gasteiger partial charge < -0.3 is 14.5 Å². The van der Waals surface area contributed by atoms with Crippen LogP contribution in [-0.4, -0.2) is 57.9 Å². The zero-order valence-corrected chi connectivity index (χ0v) is 12.8. The molecule has 1 aliphatic heterocycles. The second-order valence-electron chi connectivity index (χ2n) is 5.31. The first-order chi connectivity index (χ1) is 11.3. The number of anilines is 2. The first-order valence-corrected chi connectivity index (χ1v) is 7.49. The van der Waals surface area contributed by atoms with Gasteiger partial charge in [-0.15, -0.1) is 0 Å². The average Bonchev–Trinajstić information content (AvgIpc) is 3.11. The number of aromatic nitrogens is 5. The number of hydrogen-bond acceptors (Lipinski definition) is 7. The smallest absolute Gasteiger partial charge is 0.225 e. The van der Waals surface area contributed by atoms with E-state index in [-0.39, 0.29) is 0 Å². The van der Waals surface area contributed by atoms with Crippen LogP contribution in [0.25, 0.3) is 5.52 Å². The van der Waals surface area contributed by atoms with Gasteiger partial charge in [-0.05, 0) is 6.07 Å². The number of hydrogen-bond donors (Lipinski definition) is 0. The van der Waals surface area contributed by atoms with Gasteiger partial charge in [-0.25, -0.2) is 19.5 Å². The van der Waals surface area contributed by atoms with Crippen molar-refractivity contribution in [1.82, 2.24) is 24.6 Å². The fraction of sp³-hybridized carbons (Fsp3) is 0.333. The Kier molecular flexibility index (Phi) is 3.41. The maximum atomic E-state index is 5.10. The zero-order valence-electron chi connectivity index (χ0n) is 12.8. The molecule has 1 saturated heterocycles. The molecule has 1 aliphatic rings. The van der Waals surface area contributed by atoms with Gasteiger partial charge in [-0.2, -0.15) is 5.10 Å². The Morgan fingerprint density at radius 3 is 2.43 bits per heavy atom. The Morgan fingerprint density at radius 2 is 1.70 bits per heavy atom. The van der Waals surface area contributed by atoms with Crippen molar-refractivity contribution in [3.63, 3.8) is 0 Å². The molecule has 4 rings (SSSR count). The molecule has 0 unspecified atom stereocenters. The summed E-state index contributed by atoms with van der Waals surface area (Å²) in [5, 5.41) is 4.26. The minimum atomic E-state index is 0.670. The third kappa shape index (κ3) is 2.52. The Labute approximate surface area is 133 Å². The summed E-state index contributed by atoms with van der Waals surface area (Å²) in [6.07, 6.45) is 8.84. The van der Waals surface area contributed by atoms with Crippen LogP contribution < -0.4 is 14.5 Å². The standard InChI is InChI=1S/C15H17N7O/c1-23-12-10-17-15(18-11-12)21-8-6-20(7-9-21)14-13-2-3-19-22(13)5-4-16-14/h2-5,10-11H,6-9H2,1H3. The largest absolute Gasteiger partial charge is 0.494 e. The lowest BCUT2D eigenvalue weighted by Gasteiger charge is -2.35. The fourth-order valence-corrected chi connectivity index (χ4v) is 2.78. The van der Waals surface area contributed by atoms with Gasteiger partial charge in [0.25, 0.3) is 0 Å². The molecule has 23 heavy (non-hydrogen) atoms. The van der Waals surface area contributed by atoms with Crippen molar-refractivity contribution in [2.75, 3.05) is 43.1 Å². The van der Waals surface area contributed by atoms with Gasteiger partial charge in [0.2, 0.25) is 5.95 Å². The van der Waals surface area contributed by atoms with Crippen LogP contribution in [-0.2, 0) is 0 Å². The summed E-state index contributed by atoms with van der Waals surface area (Å²) in [4.78, 5) is 17.7. The average molecular weight is 311 g/mol. The Bertz CT molecular complexity index is 793. The molecule has 0 aromatic carbocycles. The van der Waals surface area contributed by atoms with E-state index in [2.05, 4.69) is 29.9 Å². The van der Waals surface area contributed by atoms with Gasteiger partial charge in [0.05, 0.1) is 25.7 Å². The van der Waals surface area contributed by atoms with Crippen LogP contribution >= 0.6 is 0 Å². The number of nitrogens with zero attached hydrogens (tertiary/aromatic N) is 7. The van der Waals surface area contributed by atoms with Crippen LogP contribution in [0.15, 0.2) is 37.1 Å². The third-order valence-corrected chi connectivity index (χ3v) is 4.02. The van der Waals surface area contributed by atoms with E-state index < -0.39 is 0 Å². The van der Waals surface area contributed by atoms with Gasteiger partial charge >= 0.3 is 0 Å². The van der Waals surface area contributed by atoms with Gasteiger partial charge in [-0.1, -0.05) is 0 Å². The van der Waals surface area contributed by atoms with Gasteiger partial charge in [0, 0.05) is 38.6 Å². The van der Waals surface area contributed by atoms with E-state index in [1.54, 1.807) is 31.9 Å². The molecule has 0 saturated carbocycles. The maximum absolute atomic E-state index is 5.10. The summed E-state index contributed by atoms with van der Waals surface area (Å²) >= 11 is 0. The SMILES string of the molecule is COc1cnc(N2CCN(c3nccn4nccc34)CC2)nc1. The van der Waals surface area contributed by atoms with Crippen LogP contribution in [0.4, 0.5) is 11.8 Å². The molecular weight excluding hydrogens is 294 g/mol. The highest BCUT2D eigenvalue weighted by atomic mass is 16.5. The number of piperazine rings is 1. The Hall–Kier alpha value is -2.90. The van der Waals surface area contributed by atoms with Crippen LogP contribution in [0, 0.1) is 0 Å². The summed E-state index contributed by atoms with van der Waals surface area (Å²) in [6, 6.07) is 1.99. The van der Waals surface area contributed by atoms with E-state index in [0.29, 0.717) is 5.75 Å². The molecule has 118 valence electrons. The maximum Gasteiger partial charge on any atom is 0.225 e. The molecule has 0 radical (unpaired) electrons. The lowest BCUT2D eigenvalue weighted by Crippen LogP contribution is -2.47. The molecule has 0 aliphatic carbocycles. The van der Waals surface area contributed by atoms with Crippen molar-refractivity contribution in [2.45, 2.75) is 0 Å². The monoisotopic (exact) mass is 311 g/mol. The van der Waals surface area contributed by atoms with Crippen LogP contribution in [0.2, 0.25) is 0 Å². The van der Waals surface area contributed by atoms with E-state index in [1.165, 1.54) is 0 Å². The molecule has 0 atom stereocenters. The number of ether oxygens (including phenoxy) is 1. The molecule has 0 N–H and O–H groups in total. The molecule has 0 bridgehead atoms. The first kappa shape index (κ1) is 13.7. The van der Waals surface area contributed by atoms with E-state index in [9.17, 15) is 0 Å². The number of fused-ring (bicyclic) bond motifs is 1. The molecule has 8 nitrogen and oxygen atoms in total. The molecular formula is C15H17N7O. The van der Waals surface area contributed by atoms with Gasteiger partial charge in [0.15, 0.2) is 11.6 Å². The van der Waals surface area contributed by atoms with Crippen molar-refractivity contribution >= 4 is 17.3 Å². The quantitative estimate of drug-likeness (QED) is 0.710. The van der Waals surface area contributed by atoms with E-state index in [4.69, 9.17) is 4.74 Å². The second kappa shape index (κ2) is 5.71. The van der Waals surface area contributed by atoms with Crippen LogP contribution in [0.3, 0.4) is 0 Å². The predicted molar refractivity (Wildman–Crippen MR) is 86.0 cm³/mol. The normalized spacial score (nSPS) is 15.2. The highest BCUT2D eigenvalue weighted by molar-refractivity contribution is 5.68. The molecule has 8 heteroatoms. The molecule has 3 aromatic heterocycles. The van der Waals surface area contributed by atoms with E-state index in [1.807, 2.05) is 16.8 Å². The lowest BCUT2D eigenvalue weighted by molar-refractivity contribution is 0.410. The summed E-state index contributed by atoms with van der Waals surface area (Å²) < 4.78 is 6.94. The summed E-state index contributed by atoms with van der Waals surface area (Å²) in [6.45, 7) is 3.44. The topological polar surface area (TPSA) is 71.7 Å². The first-order valence-electron chi connectivity index (χ1n) is 7.49. The molecule has 4 heterocycles. The minimum Gasteiger partial charge on any atom is -0.494 e. The van der Waals surface area contributed by atoms with Crippen molar-refractivity contribution in [2.24, 2.45) is 0 Å². The Balaban J connectivity index is 1.49. The Morgan fingerprint density at radius 1 is 0.957 bits per heavy atom. The summed E-state index contributed by atoms with van der Waals surface area (Å²) in [5.74, 6) is 2.38. The molecule has 3 aromatic rings. The van der Waals surface area contributed by atoms with Crippen molar-refractivity contribution in [1.29, 1.82) is 0 Å². The number of rotatable bonds is 3. The molecule has 1 fully saturated rings. The second-order valence-corrected chi connectivity index (χ2v) is 5.31. The highest BCUT2D eigenvalue weighted by Gasteiger charge is 2.21. The highest BCUT2D eigenvalue weighted by Crippen LogP contribution is 2.21. The fourth-order valence-electron chi connectivity index (χ4n) is 2.78. The van der Waals surface area contributed by atoms with Crippen molar-refractivity contribution < 1.29 is 4.74 Å². The van der Waals surface area contributed by atoms with E-state index in [0.717, 1.165) is 43.5 Å². The van der Waals surface area contributed by atoms with Gasteiger partial charge in [0.1, 0.15) is 5.52 Å². The third-order valence-electron chi connectivity index (χ3n) is 4.02. The molecule has 0 amide bonds.